The standard InChI is InChI=1S/C32H37N5O3/c1-5-40-16-15-35(3)31-19-26(27-10-6-7-11-28(27)34-31)21-36-14-8-9-25(32(36)38)17-24-12-13-29(30(18-24)39-4)37-20-23(2)33-22-37/h6-7,10-13,17-20,22H,5,8-9,14-16,21H2,1-4H3/b25-17+. The number of aryl methyl sites for hydroxylation is 1. The number of carbonyl (C=O) groups is 1. The van der Waals surface area contributed by atoms with E-state index in [4.69, 9.17) is 14.5 Å². The molecule has 1 saturated heterocycles. The summed E-state index contributed by atoms with van der Waals surface area (Å²) < 4.78 is 13.2. The van der Waals surface area contributed by atoms with Gasteiger partial charge in [0.05, 0.1) is 36.9 Å². The summed E-state index contributed by atoms with van der Waals surface area (Å²) in [6, 6.07) is 16.3. The lowest BCUT2D eigenvalue weighted by Crippen LogP contribution is -2.36. The van der Waals surface area contributed by atoms with Crippen molar-refractivity contribution < 1.29 is 14.3 Å². The molecule has 1 aliphatic heterocycles. The van der Waals surface area contributed by atoms with Gasteiger partial charge in [0, 0.05) is 50.4 Å². The van der Waals surface area contributed by atoms with E-state index in [1.54, 1.807) is 13.4 Å². The molecule has 0 aliphatic carbocycles. The van der Waals surface area contributed by atoms with Crippen LogP contribution >= 0.6 is 0 Å². The molecule has 5 rings (SSSR count). The van der Waals surface area contributed by atoms with Crippen LogP contribution in [0.25, 0.3) is 22.7 Å². The molecule has 4 aromatic rings. The average Bonchev–Trinajstić information content (AvgIpc) is 3.40. The summed E-state index contributed by atoms with van der Waals surface area (Å²) in [6.07, 6.45) is 7.41. The fourth-order valence-corrected chi connectivity index (χ4v) is 5.13. The summed E-state index contributed by atoms with van der Waals surface area (Å²) in [7, 11) is 3.69. The number of piperidine rings is 1. The van der Waals surface area contributed by atoms with Gasteiger partial charge < -0.3 is 23.8 Å². The number of ether oxygens (including phenoxy) is 2. The Balaban J connectivity index is 1.39. The van der Waals surface area contributed by atoms with E-state index in [9.17, 15) is 4.79 Å². The quantitative estimate of drug-likeness (QED) is 0.198. The molecule has 1 fully saturated rings. The third-order valence-electron chi connectivity index (χ3n) is 7.29. The maximum absolute atomic E-state index is 13.7. The maximum Gasteiger partial charge on any atom is 0.250 e. The zero-order valence-corrected chi connectivity index (χ0v) is 23.8. The molecule has 1 aliphatic rings. The molecule has 0 unspecified atom stereocenters. The monoisotopic (exact) mass is 539 g/mol. The van der Waals surface area contributed by atoms with Crippen molar-refractivity contribution in [3.8, 4) is 11.4 Å². The summed E-state index contributed by atoms with van der Waals surface area (Å²) in [6.45, 7) is 7.30. The molecule has 0 saturated carbocycles. The minimum Gasteiger partial charge on any atom is -0.495 e. The smallest absolute Gasteiger partial charge is 0.250 e. The number of methoxy groups -OCH3 is 1. The molecular weight excluding hydrogens is 502 g/mol. The number of para-hydroxylation sites is 1. The van der Waals surface area contributed by atoms with E-state index < -0.39 is 0 Å². The van der Waals surface area contributed by atoms with Crippen molar-refractivity contribution >= 4 is 28.7 Å². The van der Waals surface area contributed by atoms with Gasteiger partial charge in [0.2, 0.25) is 5.91 Å². The van der Waals surface area contributed by atoms with Crippen molar-refractivity contribution in [2.75, 3.05) is 45.4 Å². The largest absolute Gasteiger partial charge is 0.495 e. The average molecular weight is 540 g/mol. The predicted octanol–water partition coefficient (Wildman–Crippen LogP) is 5.42. The van der Waals surface area contributed by atoms with E-state index in [1.807, 2.05) is 79.0 Å². The Hall–Kier alpha value is -4.17. The fourth-order valence-electron chi connectivity index (χ4n) is 5.13. The Morgan fingerprint density at radius 2 is 2.00 bits per heavy atom. The number of benzene rings is 2. The van der Waals surface area contributed by atoms with E-state index in [0.29, 0.717) is 19.8 Å². The molecule has 2 aromatic carbocycles. The van der Waals surface area contributed by atoms with Gasteiger partial charge in [-0.15, -0.1) is 0 Å². The summed E-state index contributed by atoms with van der Waals surface area (Å²) in [5.41, 5.74) is 5.63. The summed E-state index contributed by atoms with van der Waals surface area (Å²) in [5, 5.41) is 1.07. The molecule has 1 amide bonds. The van der Waals surface area contributed by atoms with Crippen LogP contribution in [0.5, 0.6) is 5.75 Å². The second-order valence-corrected chi connectivity index (χ2v) is 10.1. The minimum atomic E-state index is 0.0756. The first kappa shape index (κ1) is 27.4. The molecule has 0 radical (unpaired) electrons. The molecule has 208 valence electrons. The Morgan fingerprint density at radius 3 is 2.77 bits per heavy atom. The van der Waals surface area contributed by atoms with Crippen molar-refractivity contribution in [1.29, 1.82) is 0 Å². The van der Waals surface area contributed by atoms with E-state index in [1.165, 1.54) is 0 Å². The van der Waals surface area contributed by atoms with E-state index >= 15 is 0 Å². The highest BCUT2D eigenvalue weighted by Crippen LogP contribution is 2.29. The van der Waals surface area contributed by atoms with Crippen molar-refractivity contribution in [3.05, 3.63) is 83.4 Å². The number of likely N-dealkylation sites (N-methyl/N-ethyl adjacent to an activating group) is 1. The highest BCUT2D eigenvalue weighted by molar-refractivity contribution is 5.99. The first-order chi connectivity index (χ1) is 19.5. The number of likely N-dealkylation sites (tertiary alicyclic amines) is 1. The molecule has 2 aromatic heterocycles. The van der Waals surface area contributed by atoms with Gasteiger partial charge in [0.1, 0.15) is 11.6 Å². The van der Waals surface area contributed by atoms with Gasteiger partial charge in [-0.1, -0.05) is 24.3 Å². The molecular formula is C32H37N5O3. The van der Waals surface area contributed by atoms with Crippen LogP contribution in [0, 0.1) is 6.92 Å². The van der Waals surface area contributed by atoms with Gasteiger partial charge in [-0.3, -0.25) is 4.79 Å². The lowest BCUT2D eigenvalue weighted by atomic mass is 9.99. The van der Waals surface area contributed by atoms with Gasteiger partial charge in [-0.25, -0.2) is 9.97 Å². The van der Waals surface area contributed by atoms with Crippen LogP contribution in [0.4, 0.5) is 5.82 Å². The Morgan fingerprint density at radius 1 is 1.15 bits per heavy atom. The Kier molecular flexibility index (Phi) is 8.45. The summed E-state index contributed by atoms with van der Waals surface area (Å²) in [4.78, 5) is 27.0. The number of nitrogens with zero attached hydrogens (tertiary/aromatic N) is 5. The number of pyridine rings is 1. The highest BCUT2D eigenvalue weighted by Gasteiger charge is 2.24. The molecule has 40 heavy (non-hydrogen) atoms. The van der Waals surface area contributed by atoms with Crippen molar-refractivity contribution in [3.63, 3.8) is 0 Å². The summed E-state index contributed by atoms with van der Waals surface area (Å²) in [5.74, 6) is 1.69. The second-order valence-electron chi connectivity index (χ2n) is 10.1. The van der Waals surface area contributed by atoms with Gasteiger partial charge in [0.25, 0.3) is 0 Å². The first-order valence-electron chi connectivity index (χ1n) is 13.8. The number of fused-ring (bicyclic) bond motifs is 1. The van der Waals surface area contributed by atoms with Crippen LogP contribution in [-0.2, 0) is 16.1 Å². The lowest BCUT2D eigenvalue weighted by Gasteiger charge is -2.29. The van der Waals surface area contributed by atoms with Crippen LogP contribution in [0.15, 0.2) is 66.6 Å². The third-order valence-corrected chi connectivity index (χ3v) is 7.29. The Labute approximate surface area is 235 Å². The second kappa shape index (κ2) is 12.3. The van der Waals surface area contributed by atoms with Crippen LogP contribution < -0.4 is 9.64 Å². The number of imidazole rings is 1. The predicted molar refractivity (Wildman–Crippen MR) is 159 cm³/mol. The maximum atomic E-state index is 13.7. The van der Waals surface area contributed by atoms with Crippen LogP contribution in [0.2, 0.25) is 0 Å². The van der Waals surface area contributed by atoms with Gasteiger partial charge in [-0.2, -0.15) is 0 Å². The molecule has 8 nitrogen and oxygen atoms in total. The highest BCUT2D eigenvalue weighted by atomic mass is 16.5. The number of rotatable bonds is 10. The number of hydrogen-bond donors (Lipinski definition) is 0. The third kappa shape index (κ3) is 6.02. The van der Waals surface area contributed by atoms with Crippen molar-refractivity contribution in [1.82, 2.24) is 19.4 Å². The van der Waals surface area contributed by atoms with Crippen LogP contribution in [0.3, 0.4) is 0 Å². The molecule has 0 atom stereocenters. The molecule has 8 heteroatoms. The molecule has 0 spiro atoms. The zero-order valence-electron chi connectivity index (χ0n) is 23.8. The van der Waals surface area contributed by atoms with Gasteiger partial charge in [0.15, 0.2) is 0 Å². The number of carbonyl (C=O) groups excluding carboxylic acids is 1. The lowest BCUT2D eigenvalue weighted by molar-refractivity contribution is -0.129. The topological polar surface area (TPSA) is 72.7 Å². The number of anilines is 1. The fraction of sp³-hybridized carbons (Fsp3) is 0.344. The van der Waals surface area contributed by atoms with Crippen molar-refractivity contribution in [2.45, 2.75) is 33.2 Å². The van der Waals surface area contributed by atoms with Gasteiger partial charge in [-0.05, 0) is 68.2 Å². The minimum absolute atomic E-state index is 0.0756. The normalized spacial score (nSPS) is 14.8. The number of amides is 1. The molecule has 0 bridgehead atoms. The number of aromatic nitrogens is 3. The first-order valence-corrected chi connectivity index (χ1v) is 13.8. The van der Waals surface area contributed by atoms with Gasteiger partial charge >= 0.3 is 0 Å². The molecule has 0 N–H and O–H groups in total. The van der Waals surface area contributed by atoms with Crippen LogP contribution in [-0.4, -0.2) is 65.8 Å². The van der Waals surface area contributed by atoms with E-state index in [-0.39, 0.29) is 5.91 Å². The molecule has 3 heterocycles. The Bertz CT molecular complexity index is 1530. The van der Waals surface area contributed by atoms with Crippen molar-refractivity contribution in [2.24, 2.45) is 0 Å². The SMILES string of the molecule is CCOCCN(C)c1cc(CN2CCC/C(=C\c3ccc(-n4cnc(C)c4)c(OC)c3)C2=O)c2ccccc2n1. The van der Waals surface area contributed by atoms with E-state index in [0.717, 1.165) is 76.5 Å². The number of hydrogen-bond acceptors (Lipinski definition) is 6. The summed E-state index contributed by atoms with van der Waals surface area (Å²) >= 11 is 0. The zero-order chi connectivity index (χ0) is 28.1. The van der Waals surface area contributed by atoms with E-state index in [2.05, 4.69) is 22.0 Å². The van der Waals surface area contributed by atoms with Crippen LogP contribution in [0.1, 0.15) is 36.6 Å².